The minimum atomic E-state index is -0.250. The van der Waals surface area contributed by atoms with Gasteiger partial charge in [0.05, 0.1) is 29.1 Å². The first-order chi connectivity index (χ1) is 16.4. The van der Waals surface area contributed by atoms with Crippen molar-refractivity contribution in [2.24, 2.45) is 13.0 Å². The van der Waals surface area contributed by atoms with Crippen LogP contribution in [0.4, 0.5) is 5.69 Å². The van der Waals surface area contributed by atoms with E-state index in [4.69, 9.17) is 0 Å². The summed E-state index contributed by atoms with van der Waals surface area (Å²) in [6.45, 7) is 7.27. The highest BCUT2D eigenvalue weighted by Crippen LogP contribution is 2.35. The molecule has 5 rings (SSSR count). The van der Waals surface area contributed by atoms with Crippen LogP contribution in [-0.2, 0) is 18.4 Å². The van der Waals surface area contributed by atoms with E-state index in [2.05, 4.69) is 10.00 Å². The molecule has 0 aliphatic carbocycles. The predicted octanol–water partition coefficient (Wildman–Crippen LogP) is 3.06. The Morgan fingerprint density at radius 1 is 1.00 bits per heavy atom. The number of nitrogens with zero attached hydrogens (tertiary/aromatic N) is 5. The van der Waals surface area contributed by atoms with Gasteiger partial charge in [0.25, 0.3) is 11.8 Å². The van der Waals surface area contributed by atoms with Gasteiger partial charge in [0.2, 0.25) is 5.91 Å². The molecule has 8 heteroatoms. The maximum Gasteiger partial charge on any atom is 0.263 e. The molecule has 34 heavy (non-hydrogen) atoms. The molecule has 0 unspecified atom stereocenters. The van der Waals surface area contributed by atoms with Gasteiger partial charge in [-0.1, -0.05) is 6.07 Å². The number of imide groups is 1. The molecule has 0 bridgehead atoms. The number of carbonyl (C=O) groups is 3. The number of hydrogen-bond acceptors (Lipinski definition) is 5. The van der Waals surface area contributed by atoms with Crippen LogP contribution < -0.4 is 4.90 Å². The van der Waals surface area contributed by atoms with Crippen LogP contribution in [0.1, 0.15) is 69.8 Å². The highest BCUT2D eigenvalue weighted by atomic mass is 16.2. The molecule has 3 aliphatic rings. The molecule has 8 nitrogen and oxygen atoms in total. The summed E-state index contributed by atoms with van der Waals surface area (Å²) in [6.07, 6.45) is 4.97. The average Bonchev–Trinajstić information content (AvgIpc) is 3.25. The van der Waals surface area contributed by atoms with Crippen LogP contribution in [0.15, 0.2) is 18.2 Å². The molecule has 2 saturated heterocycles. The number of aromatic nitrogens is 2. The fourth-order valence-electron chi connectivity index (χ4n) is 5.67. The molecule has 4 heterocycles. The molecule has 0 N–H and O–H groups in total. The molecule has 0 atom stereocenters. The highest BCUT2D eigenvalue weighted by molar-refractivity contribution is 6.23. The fraction of sp³-hybridized carbons (Fsp3) is 0.538. The topological polar surface area (TPSA) is 78.8 Å². The Morgan fingerprint density at radius 3 is 2.35 bits per heavy atom. The summed E-state index contributed by atoms with van der Waals surface area (Å²) >= 11 is 0. The van der Waals surface area contributed by atoms with E-state index in [-0.39, 0.29) is 30.2 Å². The summed E-state index contributed by atoms with van der Waals surface area (Å²) in [7, 11) is 1.87. The molecule has 0 saturated carbocycles. The second-order valence-electron chi connectivity index (χ2n) is 9.82. The molecule has 180 valence electrons. The van der Waals surface area contributed by atoms with E-state index < -0.39 is 0 Å². The Labute approximate surface area is 200 Å². The van der Waals surface area contributed by atoms with Crippen molar-refractivity contribution in [1.82, 2.24) is 19.6 Å². The molecular weight excluding hydrogens is 430 g/mol. The quantitative estimate of drug-likeness (QED) is 0.651. The van der Waals surface area contributed by atoms with E-state index in [0.29, 0.717) is 24.2 Å². The predicted molar refractivity (Wildman–Crippen MR) is 129 cm³/mol. The van der Waals surface area contributed by atoms with E-state index >= 15 is 0 Å². The van der Waals surface area contributed by atoms with Crippen LogP contribution in [0, 0.1) is 19.8 Å². The van der Waals surface area contributed by atoms with Crippen LogP contribution in [0.5, 0.6) is 0 Å². The minimum Gasteiger partial charge on any atom is -0.371 e. The number of carbonyl (C=O) groups excluding carboxylic acids is 3. The van der Waals surface area contributed by atoms with Crippen molar-refractivity contribution in [1.29, 1.82) is 0 Å². The van der Waals surface area contributed by atoms with Crippen LogP contribution >= 0.6 is 0 Å². The number of piperidine rings is 2. The van der Waals surface area contributed by atoms with Gasteiger partial charge in [-0.3, -0.25) is 24.0 Å². The lowest BCUT2D eigenvalue weighted by molar-refractivity contribution is -0.137. The first-order valence-corrected chi connectivity index (χ1v) is 12.4. The smallest absolute Gasteiger partial charge is 0.263 e. The van der Waals surface area contributed by atoms with Crippen molar-refractivity contribution in [2.45, 2.75) is 52.5 Å². The van der Waals surface area contributed by atoms with Gasteiger partial charge in [0.15, 0.2) is 0 Å². The third-order valence-electron chi connectivity index (χ3n) is 7.80. The number of likely N-dealkylation sites (tertiary alicyclic amines) is 1. The number of rotatable bonds is 4. The lowest BCUT2D eigenvalue weighted by Crippen LogP contribution is -2.44. The molecule has 3 amide bonds. The number of aryl methyl sites for hydroxylation is 2. The van der Waals surface area contributed by atoms with Gasteiger partial charge in [0.1, 0.15) is 0 Å². The largest absolute Gasteiger partial charge is 0.371 e. The van der Waals surface area contributed by atoms with E-state index in [1.165, 1.54) is 11.3 Å². The Balaban J connectivity index is 1.33. The molecular formula is C26H33N5O3. The molecule has 1 aromatic heterocycles. The summed E-state index contributed by atoms with van der Waals surface area (Å²) in [5.41, 5.74) is 4.46. The third-order valence-corrected chi connectivity index (χ3v) is 7.80. The average molecular weight is 464 g/mol. The van der Waals surface area contributed by atoms with Crippen molar-refractivity contribution < 1.29 is 14.4 Å². The lowest BCUT2D eigenvalue weighted by atomic mass is 9.93. The van der Waals surface area contributed by atoms with Gasteiger partial charge >= 0.3 is 0 Å². The van der Waals surface area contributed by atoms with Crippen LogP contribution in [-0.4, -0.2) is 63.5 Å². The maximum absolute atomic E-state index is 13.5. The van der Waals surface area contributed by atoms with Gasteiger partial charge in [-0.15, -0.1) is 0 Å². The standard InChI is InChI=1S/C26H33N5O3/c1-17-21(18(2)28(3)27-17)16-31-25(33)20-8-7-9-22(23(20)26(31)34)29-14-10-19(11-15-29)24(32)30-12-5-4-6-13-30/h7-9,19H,4-6,10-16H2,1-3H3. The van der Waals surface area contributed by atoms with Crippen LogP contribution in [0.3, 0.4) is 0 Å². The second kappa shape index (κ2) is 8.89. The van der Waals surface area contributed by atoms with E-state index in [0.717, 1.165) is 61.4 Å². The zero-order chi connectivity index (χ0) is 24.0. The fourth-order valence-corrected chi connectivity index (χ4v) is 5.67. The first-order valence-electron chi connectivity index (χ1n) is 12.4. The second-order valence-corrected chi connectivity index (χ2v) is 9.82. The molecule has 2 aromatic rings. The molecule has 1 aromatic carbocycles. The van der Waals surface area contributed by atoms with Gasteiger partial charge in [-0.25, -0.2) is 0 Å². The number of amides is 3. The highest BCUT2D eigenvalue weighted by Gasteiger charge is 2.40. The van der Waals surface area contributed by atoms with E-state index in [9.17, 15) is 14.4 Å². The Morgan fingerprint density at radius 2 is 1.71 bits per heavy atom. The van der Waals surface area contributed by atoms with Crippen molar-refractivity contribution in [2.75, 3.05) is 31.1 Å². The van der Waals surface area contributed by atoms with Gasteiger partial charge in [-0.05, 0) is 58.1 Å². The SMILES string of the molecule is Cc1nn(C)c(C)c1CN1C(=O)c2cccc(N3CCC(C(=O)N4CCCCC4)CC3)c2C1=O. The number of fused-ring (bicyclic) bond motifs is 1. The number of hydrogen-bond donors (Lipinski definition) is 0. The van der Waals surface area contributed by atoms with Crippen molar-refractivity contribution >= 4 is 23.4 Å². The molecule has 0 spiro atoms. The first kappa shape index (κ1) is 22.6. The summed E-state index contributed by atoms with van der Waals surface area (Å²) in [4.78, 5) is 45.2. The van der Waals surface area contributed by atoms with Crippen molar-refractivity contribution in [3.05, 3.63) is 46.3 Å². The summed E-state index contributed by atoms with van der Waals surface area (Å²) in [6, 6.07) is 5.53. The van der Waals surface area contributed by atoms with Crippen LogP contribution in [0.25, 0.3) is 0 Å². The lowest BCUT2D eigenvalue weighted by Gasteiger charge is -2.37. The van der Waals surface area contributed by atoms with E-state index in [1.54, 1.807) is 10.7 Å². The maximum atomic E-state index is 13.5. The Kier molecular flexibility index (Phi) is 5.91. The number of anilines is 1. The Bertz CT molecular complexity index is 1140. The monoisotopic (exact) mass is 463 g/mol. The number of benzene rings is 1. The molecule has 3 aliphatic heterocycles. The summed E-state index contributed by atoms with van der Waals surface area (Å²) in [5, 5.41) is 4.43. The van der Waals surface area contributed by atoms with Crippen LogP contribution in [0.2, 0.25) is 0 Å². The van der Waals surface area contributed by atoms with E-state index in [1.807, 2.05) is 37.9 Å². The van der Waals surface area contributed by atoms with Crippen molar-refractivity contribution in [3.63, 3.8) is 0 Å². The summed E-state index contributed by atoms with van der Waals surface area (Å²) < 4.78 is 1.78. The molecule has 2 fully saturated rings. The van der Waals surface area contributed by atoms with Gasteiger partial charge in [-0.2, -0.15) is 5.10 Å². The van der Waals surface area contributed by atoms with Crippen molar-refractivity contribution in [3.8, 4) is 0 Å². The summed E-state index contributed by atoms with van der Waals surface area (Å²) in [5.74, 6) is -0.154. The normalized spacial score (nSPS) is 19.2. The zero-order valence-electron chi connectivity index (χ0n) is 20.3. The zero-order valence-corrected chi connectivity index (χ0v) is 20.3. The third kappa shape index (κ3) is 3.79. The molecule has 0 radical (unpaired) electrons. The van der Waals surface area contributed by atoms with Gasteiger partial charge < -0.3 is 9.80 Å². The van der Waals surface area contributed by atoms with Gasteiger partial charge in [0, 0.05) is 50.4 Å². The minimum absolute atomic E-state index is 0.0523. The Hall–Kier alpha value is -3.16.